The zero-order valence-electron chi connectivity index (χ0n) is 24.0. The molecule has 0 unspecified atom stereocenters. The molecular weight excluding hydrogens is 528 g/mol. The fraction of sp³-hybridized carbons (Fsp3) is 0. The average molecular weight is 555 g/mol. The van der Waals surface area contributed by atoms with Gasteiger partial charge in [0.15, 0.2) is 0 Å². The molecule has 0 aliphatic carbocycles. The third kappa shape index (κ3) is 3.28. The summed E-state index contributed by atoms with van der Waals surface area (Å²) in [5, 5.41) is 18.4. The molecule has 0 fully saturated rings. The van der Waals surface area contributed by atoms with Crippen LogP contribution in [-0.4, -0.2) is 0 Å². The van der Waals surface area contributed by atoms with Crippen molar-refractivity contribution in [1.82, 2.24) is 0 Å². The number of benzene rings is 10. The zero-order valence-corrected chi connectivity index (χ0v) is 24.0. The summed E-state index contributed by atoms with van der Waals surface area (Å²) in [6.07, 6.45) is 0. The molecule has 0 atom stereocenters. The van der Waals surface area contributed by atoms with Crippen LogP contribution in [0.1, 0.15) is 0 Å². The first-order valence-corrected chi connectivity index (χ1v) is 15.4. The molecule has 10 aromatic carbocycles. The lowest BCUT2D eigenvalue weighted by Gasteiger charge is -2.17. The Bertz CT molecular complexity index is 2700. The van der Waals surface area contributed by atoms with Gasteiger partial charge in [0.05, 0.1) is 0 Å². The van der Waals surface area contributed by atoms with E-state index < -0.39 is 0 Å². The first-order chi connectivity index (χ1) is 21.8. The van der Waals surface area contributed by atoms with Crippen LogP contribution < -0.4 is 0 Å². The second-order valence-electron chi connectivity index (χ2n) is 12.1. The Morgan fingerprint density at radius 2 is 0.750 bits per heavy atom. The van der Waals surface area contributed by atoms with Gasteiger partial charge in [-0.2, -0.15) is 0 Å². The van der Waals surface area contributed by atoms with Crippen molar-refractivity contribution in [3.05, 3.63) is 158 Å². The van der Waals surface area contributed by atoms with E-state index in [0.717, 1.165) is 0 Å². The summed E-state index contributed by atoms with van der Waals surface area (Å²) >= 11 is 0. The van der Waals surface area contributed by atoms with E-state index in [9.17, 15) is 0 Å². The maximum Gasteiger partial charge on any atom is -0.00201 e. The van der Waals surface area contributed by atoms with Crippen LogP contribution in [0.25, 0.3) is 97.7 Å². The number of fused-ring (bicyclic) bond motifs is 7. The van der Waals surface area contributed by atoms with Crippen LogP contribution >= 0.6 is 0 Å². The third-order valence-corrected chi connectivity index (χ3v) is 9.78. The Kier molecular flexibility index (Phi) is 4.81. The molecule has 0 N–H and O–H groups in total. The third-order valence-electron chi connectivity index (χ3n) is 9.78. The highest BCUT2D eigenvalue weighted by Crippen LogP contribution is 2.44. The van der Waals surface area contributed by atoms with E-state index in [1.165, 1.54) is 97.7 Å². The summed E-state index contributed by atoms with van der Waals surface area (Å²) < 4.78 is 0. The topological polar surface area (TPSA) is 0 Å². The van der Waals surface area contributed by atoms with Gasteiger partial charge in [0.2, 0.25) is 0 Å². The normalized spacial score (nSPS) is 12.1. The van der Waals surface area contributed by atoms with Crippen molar-refractivity contribution in [2.75, 3.05) is 0 Å². The smallest absolute Gasteiger partial charge is 0.00201 e. The lowest BCUT2D eigenvalue weighted by molar-refractivity contribution is 1.65. The fourth-order valence-electron chi connectivity index (χ4n) is 7.74. The van der Waals surface area contributed by atoms with Gasteiger partial charge in [0.1, 0.15) is 0 Å². The summed E-state index contributed by atoms with van der Waals surface area (Å²) in [6.45, 7) is 0. The molecular formula is C44H26. The van der Waals surface area contributed by atoms with Crippen molar-refractivity contribution in [2.45, 2.75) is 0 Å². The molecule has 0 bridgehead atoms. The van der Waals surface area contributed by atoms with Crippen molar-refractivity contribution in [3.8, 4) is 22.3 Å². The standard InChI is InChI=1S/C44H26/c1-2-7-27(8-3-1)31-17-15-28-19-22-35-34(41(28)25-31)21-20-29-16-18-32(26-42(29)35)33-23-24-40-38-12-5-10-30-9-4-11-37(43(30)38)39-14-6-13-36(33)44(39)40/h1-26H. The van der Waals surface area contributed by atoms with Crippen molar-refractivity contribution in [3.63, 3.8) is 0 Å². The summed E-state index contributed by atoms with van der Waals surface area (Å²) in [5.41, 5.74) is 5.03. The summed E-state index contributed by atoms with van der Waals surface area (Å²) in [6, 6.07) is 58.6. The van der Waals surface area contributed by atoms with E-state index in [4.69, 9.17) is 0 Å². The summed E-state index contributed by atoms with van der Waals surface area (Å²) in [7, 11) is 0. The minimum absolute atomic E-state index is 1.25. The van der Waals surface area contributed by atoms with Gasteiger partial charge in [-0.05, 0) is 110 Å². The molecule has 0 aliphatic heterocycles. The quantitative estimate of drug-likeness (QED) is 0.147. The predicted molar refractivity (Wildman–Crippen MR) is 191 cm³/mol. The lowest BCUT2D eigenvalue weighted by Crippen LogP contribution is -1.89. The van der Waals surface area contributed by atoms with Crippen LogP contribution in [0.15, 0.2) is 158 Å². The highest BCUT2D eigenvalue weighted by molar-refractivity contribution is 6.34. The first kappa shape index (κ1) is 23.8. The molecule has 0 heteroatoms. The SMILES string of the molecule is c1ccc(-c2ccc3ccc4c5cc(-c6ccc7c8cccc9cccc(c%10cccc6c%107)c98)ccc5ccc4c3c2)cc1. The monoisotopic (exact) mass is 554 g/mol. The predicted octanol–water partition coefficient (Wildman–Crippen LogP) is 12.5. The van der Waals surface area contributed by atoms with E-state index in [1.54, 1.807) is 0 Å². The average Bonchev–Trinajstić information content (AvgIpc) is 3.10. The van der Waals surface area contributed by atoms with Crippen LogP contribution in [0.3, 0.4) is 0 Å². The second kappa shape index (κ2) is 8.89. The molecule has 0 saturated heterocycles. The Labute approximate surface area is 254 Å². The van der Waals surface area contributed by atoms with Crippen LogP contribution in [0.4, 0.5) is 0 Å². The highest BCUT2D eigenvalue weighted by atomic mass is 14.2. The molecule has 0 nitrogen and oxygen atoms in total. The molecule has 0 aliphatic rings. The maximum atomic E-state index is 2.41. The van der Waals surface area contributed by atoms with Crippen molar-refractivity contribution in [1.29, 1.82) is 0 Å². The number of hydrogen-bond donors (Lipinski definition) is 0. The lowest BCUT2D eigenvalue weighted by atomic mass is 9.86. The van der Waals surface area contributed by atoms with Crippen molar-refractivity contribution >= 4 is 75.4 Å². The Morgan fingerprint density at radius 3 is 1.45 bits per heavy atom. The largest absolute Gasteiger partial charge is 0.0622 e. The fourth-order valence-corrected chi connectivity index (χ4v) is 7.74. The van der Waals surface area contributed by atoms with Gasteiger partial charge in [-0.3, -0.25) is 0 Å². The summed E-state index contributed by atoms with van der Waals surface area (Å²) in [5.74, 6) is 0. The second-order valence-corrected chi connectivity index (χ2v) is 12.1. The zero-order chi connectivity index (χ0) is 28.8. The van der Waals surface area contributed by atoms with E-state index in [0.29, 0.717) is 0 Å². The van der Waals surface area contributed by atoms with Gasteiger partial charge in [0, 0.05) is 0 Å². The number of rotatable bonds is 2. The van der Waals surface area contributed by atoms with Gasteiger partial charge in [-0.1, -0.05) is 146 Å². The maximum absolute atomic E-state index is 2.41. The van der Waals surface area contributed by atoms with Crippen molar-refractivity contribution in [2.24, 2.45) is 0 Å². The van der Waals surface area contributed by atoms with E-state index in [-0.39, 0.29) is 0 Å². The molecule has 0 saturated carbocycles. The van der Waals surface area contributed by atoms with Gasteiger partial charge < -0.3 is 0 Å². The molecule has 202 valence electrons. The van der Waals surface area contributed by atoms with Crippen molar-refractivity contribution < 1.29 is 0 Å². The Hall–Kier alpha value is -5.72. The first-order valence-electron chi connectivity index (χ1n) is 15.4. The molecule has 0 aromatic heterocycles. The van der Waals surface area contributed by atoms with Gasteiger partial charge >= 0.3 is 0 Å². The Balaban J connectivity index is 1.23. The molecule has 10 aromatic rings. The van der Waals surface area contributed by atoms with Crippen LogP contribution in [0.2, 0.25) is 0 Å². The van der Waals surface area contributed by atoms with Gasteiger partial charge in [-0.25, -0.2) is 0 Å². The van der Waals surface area contributed by atoms with E-state index in [1.807, 2.05) is 0 Å². The minimum atomic E-state index is 1.25. The molecule has 44 heavy (non-hydrogen) atoms. The molecule has 0 radical (unpaired) electrons. The molecule has 10 rings (SSSR count). The van der Waals surface area contributed by atoms with E-state index in [2.05, 4.69) is 158 Å². The van der Waals surface area contributed by atoms with Gasteiger partial charge in [0.25, 0.3) is 0 Å². The van der Waals surface area contributed by atoms with Gasteiger partial charge in [-0.15, -0.1) is 0 Å². The number of hydrogen-bond acceptors (Lipinski definition) is 0. The molecule has 0 amide bonds. The van der Waals surface area contributed by atoms with Crippen LogP contribution in [0, 0.1) is 0 Å². The van der Waals surface area contributed by atoms with Crippen LogP contribution in [0.5, 0.6) is 0 Å². The summed E-state index contributed by atoms with van der Waals surface area (Å²) in [4.78, 5) is 0. The highest BCUT2D eigenvalue weighted by Gasteiger charge is 2.16. The van der Waals surface area contributed by atoms with E-state index >= 15 is 0 Å². The Morgan fingerprint density at radius 1 is 0.227 bits per heavy atom. The molecule has 0 heterocycles. The van der Waals surface area contributed by atoms with Crippen LogP contribution in [-0.2, 0) is 0 Å². The molecule has 0 spiro atoms. The minimum Gasteiger partial charge on any atom is -0.0622 e.